The molecule has 1 aliphatic rings. The van der Waals surface area contributed by atoms with Gasteiger partial charge < -0.3 is 10.2 Å². The predicted octanol–water partition coefficient (Wildman–Crippen LogP) is 14.0. The summed E-state index contributed by atoms with van der Waals surface area (Å²) in [5.41, 5.74) is 12.7. The largest absolute Gasteiger partial charge is 0.355 e. The fraction of sp³-hybridized carbons (Fsp3) is 0.0417. The summed E-state index contributed by atoms with van der Waals surface area (Å²) in [5, 5.41) is 6.16. The number of fused-ring (bicyclic) bond motifs is 5. The van der Waals surface area contributed by atoms with Crippen LogP contribution in [0.25, 0.3) is 48.0 Å². The molecular weight excluding hydrogens is 637 g/mol. The van der Waals surface area contributed by atoms with Gasteiger partial charge in [-0.2, -0.15) is 0 Å². The van der Waals surface area contributed by atoms with Gasteiger partial charge in [-0.05, 0) is 113 Å². The Morgan fingerprint density at radius 2 is 1.43 bits per heavy atom. The Morgan fingerprint density at radius 1 is 0.686 bits per heavy atom. The van der Waals surface area contributed by atoms with Crippen molar-refractivity contribution in [2.24, 2.45) is 0 Å². The molecule has 1 aliphatic heterocycles. The van der Waals surface area contributed by atoms with Crippen LogP contribution in [0.3, 0.4) is 0 Å². The van der Waals surface area contributed by atoms with Gasteiger partial charge in [-0.3, -0.25) is 0 Å². The summed E-state index contributed by atoms with van der Waals surface area (Å²) in [7, 11) is 0. The summed E-state index contributed by atoms with van der Waals surface area (Å²) in [6.07, 6.45) is 17.7. The van der Waals surface area contributed by atoms with Crippen LogP contribution >= 0.6 is 11.3 Å². The molecule has 0 saturated heterocycles. The van der Waals surface area contributed by atoms with Crippen LogP contribution in [0.5, 0.6) is 0 Å². The number of benzene rings is 6. The molecule has 2 heterocycles. The Labute approximate surface area is 304 Å². The van der Waals surface area contributed by atoms with Crippen LogP contribution in [0.4, 0.5) is 22.7 Å². The fourth-order valence-corrected chi connectivity index (χ4v) is 8.07. The van der Waals surface area contributed by atoms with E-state index in [1.165, 1.54) is 53.6 Å². The van der Waals surface area contributed by atoms with Crippen molar-refractivity contribution in [1.29, 1.82) is 0 Å². The topological polar surface area (TPSA) is 15.3 Å². The van der Waals surface area contributed by atoms with E-state index in [0.717, 1.165) is 34.7 Å². The molecule has 0 saturated carbocycles. The zero-order valence-electron chi connectivity index (χ0n) is 28.6. The number of nitrogens with zero attached hydrogens (tertiary/aromatic N) is 1. The molecule has 2 nitrogen and oxygen atoms in total. The molecule has 3 heteroatoms. The highest BCUT2D eigenvalue weighted by atomic mass is 32.1. The maximum atomic E-state index is 4.51. The first-order valence-electron chi connectivity index (χ1n) is 17.4. The van der Waals surface area contributed by atoms with E-state index in [4.69, 9.17) is 0 Å². The van der Waals surface area contributed by atoms with Crippen LogP contribution in [-0.2, 0) is 6.42 Å². The number of rotatable bonds is 8. The Balaban J connectivity index is 1.17. The number of hydrogen-bond donors (Lipinski definition) is 1. The molecule has 246 valence electrons. The first-order valence-corrected chi connectivity index (χ1v) is 18.2. The number of para-hydroxylation sites is 2. The average Bonchev–Trinajstić information content (AvgIpc) is 3.54. The van der Waals surface area contributed by atoms with Crippen molar-refractivity contribution in [3.63, 3.8) is 0 Å². The van der Waals surface area contributed by atoms with Crippen molar-refractivity contribution in [2.45, 2.75) is 13.3 Å². The standard InChI is InChI=1S/C48H38N2S/c1-3-4-5-8-17-39-32-37(24-27-44(39)49-40-20-9-6-10-21-40)35-18-15-19-36(31-35)38-25-29-46-43(33-38)42-26-28-45-47(48(42)51-46)34(2)16-13-14-30-50(45)41-22-11-7-12-23-41/h3-16,18-33,49H,2,17H2,1H3/b4-3-,8-5-,16-13-,30-14-. The van der Waals surface area contributed by atoms with Gasteiger partial charge in [-0.1, -0.05) is 116 Å². The molecule has 0 radical (unpaired) electrons. The first-order chi connectivity index (χ1) is 25.2. The summed E-state index contributed by atoms with van der Waals surface area (Å²) >= 11 is 1.85. The lowest BCUT2D eigenvalue weighted by atomic mass is 9.95. The molecule has 1 aromatic heterocycles. The van der Waals surface area contributed by atoms with Crippen molar-refractivity contribution in [3.8, 4) is 22.3 Å². The molecule has 0 unspecified atom stereocenters. The molecule has 0 atom stereocenters. The maximum Gasteiger partial charge on any atom is 0.0548 e. The third kappa shape index (κ3) is 6.60. The lowest BCUT2D eigenvalue weighted by Gasteiger charge is -2.25. The van der Waals surface area contributed by atoms with Gasteiger partial charge in [0.15, 0.2) is 0 Å². The number of nitrogens with one attached hydrogen (secondary N) is 1. The maximum absolute atomic E-state index is 4.51. The van der Waals surface area contributed by atoms with E-state index in [1.807, 2.05) is 24.3 Å². The minimum absolute atomic E-state index is 0.834. The normalized spacial score (nSPS) is 14.2. The van der Waals surface area contributed by atoms with Gasteiger partial charge >= 0.3 is 0 Å². The van der Waals surface area contributed by atoms with Crippen molar-refractivity contribution in [2.75, 3.05) is 10.2 Å². The summed E-state index contributed by atoms with van der Waals surface area (Å²) < 4.78 is 2.54. The highest BCUT2D eigenvalue weighted by Gasteiger charge is 2.20. The van der Waals surface area contributed by atoms with Gasteiger partial charge in [-0.25, -0.2) is 0 Å². The molecule has 0 spiro atoms. The third-order valence-electron chi connectivity index (χ3n) is 9.34. The van der Waals surface area contributed by atoms with Gasteiger partial charge in [-0.15, -0.1) is 11.3 Å². The van der Waals surface area contributed by atoms with Gasteiger partial charge in [0.1, 0.15) is 0 Å². The third-order valence-corrected chi connectivity index (χ3v) is 10.5. The number of thiophene rings is 1. The molecule has 0 aliphatic carbocycles. The Kier molecular flexibility index (Phi) is 9.03. The molecule has 51 heavy (non-hydrogen) atoms. The van der Waals surface area contributed by atoms with Crippen LogP contribution < -0.4 is 10.2 Å². The number of hydrogen-bond acceptors (Lipinski definition) is 3. The zero-order chi connectivity index (χ0) is 34.6. The molecular formula is C48H38N2S. The summed E-state index contributed by atoms with van der Waals surface area (Å²) in [6, 6.07) is 48.0. The zero-order valence-corrected chi connectivity index (χ0v) is 29.4. The Morgan fingerprint density at radius 3 is 2.24 bits per heavy atom. The minimum atomic E-state index is 0.834. The Hall–Kier alpha value is -6.16. The predicted molar refractivity (Wildman–Crippen MR) is 223 cm³/mol. The summed E-state index contributed by atoms with van der Waals surface area (Å²) in [5.74, 6) is 0. The van der Waals surface area contributed by atoms with E-state index in [0.29, 0.717) is 0 Å². The monoisotopic (exact) mass is 674 g/mol. The van der Waals surface area contributed by atoms with E-state index in [1.54, 1.807) is 0 Å². The lowest BCUT2D eigenvalue weighted by Crippen LogP contribution is -2.11. The van der Waals surface area contributed by atoms with Crippen LogP contribution in [-0.4, -0.2) is 0 Å². The quantitative estimate of drug-likeness (QED) is 0.161. The highest BCUT2D eigenvalue weighted by Crippen LogP contribution is 2.45. The molecule has 6 aromatic carbocycles. The van der Waals surface area contributed by atoms with E-state index >= 15 is 0 Å². The SMILES string of the molecule is C=C1/C=C\C=C/N(c2ccccc2)c2ccc3c(sc4ccc(-c5cccc(-c6ccc(Nc7ccccc7)c(C/C=C\C=C/C)c6)c5)cc43)c21. The second-order valence-electron chi connectivity index (χ2n) is 12.7. The molecule has 1 N–H and O–H groups in total. The van der Waals surface area contributed by atoms with E-state index in [9.17, 15) is 0 Å². The summed E-state index contributed by atoms with van der Waals surface area (Å²) in [6.45, 7) is 6.56. The number of anilines is 4. The highest BCUT2D eigenvalue weighted by molar-refractivity contribution is 7.26. The van der Waals surface area contributed by atoms with Crippen molar-refractivity contribution in [3.05, 3.63) is 200 Å². The summed E-state index contributed by atoms with van der Waals surface area (Å²) in [4.78, 5) is 2.26. The molecule has 8 rings (SSSR count). The molecule has 7 aromatic rings. The number of allylic oxidation sites excluding steroid dienone is 8. The van der Waals surface area contributed by atoms with Crippen molar-refractivity contribution < 1.29 is 0 Å². The Bertz CT molecular complexity index is 2500. The van der Waals surface area contributed by atoms with Crippen LogP contribution in [0, 0.1) is 0 Å². The van der Waals surface area contributed by atoms with E-state index in [2.05, 4.69) is 193 Å². The second kappa shape index (κ2) is 14.4. The lowest BCUT2D eigenvalue weighted by molar-refractivity contribution is 1.26. The minimum Gasteiger partial charge on any atom is -0.355 e. The van der Waals surface area contributed by atoms with Crippen LogP contribution in [0.15, 0.2) is 189 Å². The average molecular weight is 675 g/mol. The second-order valence-corrected chi connectivity index (χ2v) is 13.7. The van der Waals surface area contributed by atoms with Gasteiger partial charge in [0, 0.05) is 49.0 Å². The van der Waals surface area contributed by atoms with Crippen LogP contribution in [0.1, 0.15) is 18.1 Å². The fourth-order valence-electron chi connectivity index (χ4n) is 6.81. The molecule has 0 bridgehead atoms. The van der Waals surface area contributed by atoms with E-state index < -0.39 is 0 Å². The van der Waals surface area contributed by atoms with Gasteiger partial charge in [0.05, 0.1) is 5.69 Å². The smallest absolute Gasteiger partial charge is 0.0548 e. The van der Waals surface area contributed by atoms with Crippen molar-refractivity contribution >= 4 is 59.8 Å². The molecule has 0 fully saturated rings. The van der Waals surface area contributed by atoms with Crippen molar-refractivity contribution in [1.82, 2.24) is 0 Å². The van der Waals surface area contributed by atoms with E-state index in [-0.39, 0.29) is 0 Å². The van der Waals surface area contributed by atoms with Gasteiger partial charge in [0.25, 0.3) is 0 Å². The van der Waals surface area contributed by atoms with Gasteiger partial charge in [0.2, 0.25) is 0 Å². The first kappa shape index (κ1) is 32.1. The molecule has 0 amide bonds. The van der Waals surface area contributed by atoms with Crippen LogP contribution in [0.2, 0.25) is 0 Å².